The third-order valence-corrected chi connectivity index (χ3v) is 5.88. The monoisotopic (exact) mass is 463 g/mol. The molecule has 0 saturated carbocycles. The Bertz CT molecular complexity index is 1110. The molecule has 0 bridgehead atoms. The van der Waals surface area contributed by atoms with Gasteiger partial charge in [-0.05, 0) is 81.0 Å². The molecule has 1 N–H and O–H groups in total. The quantitative estimate of drug-likeness (QED) is 0.335. The normalized spacial score (nSPS) is 10.8. The number of aromatic nitrogens is 2. The summed E-state index contributed by atoms with van der Waals surface area (Å²) in [5, 5.41) is 9.36. The smallest absolute Gasteiger partial charge is 0.136 e. The maximum absolute atomic E-state index is 9.36. The number of nitriles is 1. The van der Waals surface area contributed by atoms with Crippen LogP contribution >= 0.6 is 11.9 Å². The van der Waals surface area contributed by atoms with Gasteiger partial charge >= 0.3 is 0 Å². The molecular weight excluding hydrogens is 434 g/mol. The first kappa shape index (κ1) is 24.5. The zero-order valence-electron chi connectivity index (χ0n) is 19.5. The molecular formula is C25H29N5O2S. The number of benzene rings is 2. The van der Waals surface area contributed by atoms with E-state index in [1.807, 2.05) is 18.2 Å². The van der Waals surface area contributed by atoms with Crippen LogP contribution in [0, 0.1) is 11.3 Å². The summed E-state index contributed by atoms with van der Waals surface area (Å²) >= 11 is 1.58. The van der Waals surface area contributed by atoms with E-state index >= 15 is 0 Å². The molecule has 0 amide bonds. The second kappa shape index (κ2) is 12.2. The van der Waals surface area contributed by atoms with Gasteiger partial charge in [0.25, 0.3) is 0 Å². The molecule has 0 unspecified atom stereocenters. The molecule has 172 valence electrons. The van der Waals surface area contributed by atoms with Gasteiger partial charge in [-0.15, -0.1) is 0 Å². The third-order valence-electron chi connectivity index (χ3n) is 4.98. The lowest BCUT2D eigenvalue weighted by Gasteiger charge is -2.12. The predicted octanol–water partition coefficient (Wildman–Crippen LogP) is 4.17. The molecule has 0 fully saturated rings. The average molecular weight is 464 g/mol. The van der Waals surface area contributed by atoms with Crippen LogP contribution in [0.1, 0.15) is 23.4 Å². The van der Waals surface area contributed by atoms with Gasteiger partial charge in [-0.3, -0.25) is 4.72 Å². The lowest BCUT2D eigenvalue weighted by molar-refractivity contribution is 0.400. The van der Waals surface area contributed by atoms with E-state index in [0.29, 0.717) is 23.6 Å². The predicted molar refractivity (Wildman–Crippen MR) is 132 cm³/mol. The highest BCUT2D eigenvalue weighted by molar-refractivity contribution is 7.97. The fourth-order valence-electron chi connectivity index (χ4n) is 3.28. The Balaban J connectivity index is 1.70. The molecule has 0 radical (unpaired) electrons. The fraction of sp³-hybridized carbons (Fsp3) is 0.320. The van der Waals surface area contributed by atoms with Gasteiger partial charge in [0.15, 0.2) is 0 Å². The third kappa shape index (κ3) is 6.93. The number of rotatable bonds is 11. The van der Waals surface area contributed by atoms with Gasteiger partial charge in [0.05, 0.1) is 30.4 Å². The molecule has 1 heterocycles. The summed E-state index contributed by atoms with van der Waals surface area (Å²) in [7, 11) is 7.39. The van der Waals surface area contributed by atoms with Crippen molar-refractivity contribution in [2.45, 2.75) is 17.7 Å². The molecule has 2 aromatic carbocycles. The topological polar surface area (TPSA) is 83.3 Å². The van der Waals surface area contributed by atoms with Gasteiger partial charge in [0.2, 0.25) is 0 Å². The van der Waals surface area contributed by atoms with Crippen molar-refractivity contribution in [1.82, 2.24) is 19.6 Å². The molecule has 0 aliphatic carbocycles. The van der Waals surface area contributed by atoms with Crippen molar-refractivity contribution in [3.8, 4) is 28.8 Å². The van der Waals surface area contributed by atoms with Gasteiger partial charge < -0.3 is 14.4 Å². The van der Waals surface area contributed by atoms with Gasteiger partial charge in [-0.25, -0.2) is 9.97 Å². The molecule has 0 aliphatic heterocycles. The molecule has 33 heavy (non-hydrogen) atoms. The summed E-state index contributed by atoms with van der Waals surface area (Å²) in [5.41, 5.74) is 3.15. The largest absolute Gasteiger partial charge is 0.496 e. The number of hydrogen-bond acceptors (Lipinski definition) is 8. The van der Waals surface area contributed by atoms with E-state index in [-0.39, 0.29) is 0 Å². The number of hydrogen-bond donors (Lipinski definition) is 1. The van der Waals surface area contributed by atoms with Crippen LogP contribution < -0.4 is 14.2 Å². The van der Waals surface area contributed by atoms with E-state index in [0.717, 1.165) is 47.0 Å². The Morgan fingerprint density at radius 2 is 1.88 bits per heavy atom. The average Bonchev–Trinajstić information content (AvgIpc) is 2.84. The van der Waals surface area contributed by atoms with Crippen molar-refractivity contribution in [3.05, 3.63) is 65.6 Å². The van der Waals surface area contributed by atoms with E-state index < -0.39 is 0 Å². The zero-order valence-corrected chi connectivity index (χ0v) is 20.3. The fourth-order valence-corrected chi connectivity index (χ4v) is 4.07. The first-order chi connectivity index (χ1) is 16.0. The van der Waals surface area contributed by atoms with Crippen LogP contribution in [0.4, 0.5) is 0 Å². The van der Waals surface area contributed by atoms with Crippen LogP contribution in [0.5, 0.6) is 11.5 Å². The summed E-state index contributed by atoms with van der Waals surface area (Å²) in [5.74, 6) is 2.07. The number of ether oxygens (including phenoxy) is 2. The number of methoxy groups -OCH3 is 2. The Labute approximate surface area is 199 Å². The van der Waals surface area contributed by atoms with Crippen LogP contribution in [0.15, 0.2) is 53.6 Å². The van der Waals surface area contributed by atoms with Crippen molar-refractivity contribution in [3.63, 3.8) is 0 Å². The molecule has 0 saturated heterocycles. The first-order valence-electron chi connectivity index (χ1n) is 10.7. The highest BCUT2D eigenvalue weighted by Crippen LogP contribution is 2.29. The van der Waals surface area contributed by atoms with Crippen LogP contribution in [-0.4, -0.2) is 56.3 Å². The standard InChI is InChI=1S/C25H29N5O2S/c1-30(2)13-5-11-28-33-24-9-6-18(14-23(24)32-4)15-25-27-12-10-21(29-25)19-7-8-22(31-3)20(16-19)17-26/h6-10,12,14,16,28H,5,11,13,15H2,1-4H3. The Hall–Kier alpha value is -3.12. The van der Waals surface area contributed by atoms with Crippen molar-refractivity contribution >= 4 is 11.9 Å². The number of nitrogens with zero attached hydrogens (tertiary/aromatic N) is 4. The van der Waals surface area contributed by atoms with Crippen molar-refractivity contribution in [2.75, 3.05) is 41.4 Å². The maximum atomic E-state index is 9.36. The lowest BCUT2D eigenvalue weighted by atomic mass is 10.1. The van der Waals surface area contributed by atoms with E-state index in [9.17, 15) is 5.26 Å². The van der Waals surface area contributed by atoms with Gasteiger partial charge in [0, 0.05) is 24.7 Å². The van der Waals surface area contributed by atoms with Crippen molar-refractivity contribution in [2.24, 2.45) is 0 Å². The molecule has 0 atom stereocenters. The van der Waals surface area contributed by atoms with Gasteiger partial charge in [-0.2, -0.15) is 5.26 Å². The summed E-state index contributed by atoms with van der Waals surface area (Å²) in [6.07, 6.45) is 3.40. The molecule has 3 rings (SSSR count). The summed E-state index contributed by atoms with van der Waals surface area (Å²) in [6, 6.07) is 15.6. The van der Waals surface area contributed by atoms with E-state index in [4.69, 9.17) is 14.5 Å². The van der Waals surface area contributed by atoms with E-state index in [1.165, 1.54) is 0 Å². The molecule has 1 aromatic heterocycles. The minimum absolute atomic E-state index is 0.475. The Kier molecular flexibility index (Phi) is 9.07. The highest BCUT2D eigenvalue weighted by Gasteiger charge is 2.10. The summed E-state index contributed by atoms with van der Waals surface area (Å²) in [4.78, 5) is 12.4. The van der Waals surface area contributed by atoms with Crippen LogP contribution in [0.25, 0.3) is 11.3 Å². The molecule has 3 aromatic rings. The van der Waals surface area contributed by atoms with Crippen molar-refractivity contribution in [1.29, 1.82) is 5.26 Å². The summed E-state index contributed by atoms with van der Waals surface area (Å²) in [6.45, 7) is 1.98. The summed E-state index contributed by atoms with van der Waals surface area (Å²) < 4.78 is 14.2. The van der Waals surface area contributed by atoms with Crippen LogP contribution in [0.2, 0.25) is 0 Å². The minimum Gasteiger partial charge on any atom is -0.496 e. The molecule has 0 aliphatic rings. The minimum atomic E-state index is 0.475. The zero-order chi connectivity index (χ0) is 23.6. The SMILES string of the molecule is COc1ccc(-c2ccnc(Cc3ccc(SNCCCN(C)C)c(OC)c3)n2)cc1C#N. The Morgan fingerprint density at radius 3 is 2.61 bits per heavy atom. The molecule has 0 spiro atoms. The second-order valence-corrected chi connectivity index (χ2v) is 8.63. The maximum Gasteiger partial charge on any atom is 0.136 e. The molecule has 8 heteroatoms. The highest BCUT2D eigenvalue weighted by atomic mass is 32.2. The van der Waals surface area contributed by atoms with Gasteiger partial charge in [-0.1, -0.05) is 6.07 Å². The van der Waals surface area contributed by atoms with Crippen LogP contribution in [-0.2, 0) is 6.42 Å². The van der Waals surface area contributed by atoms with Crippen LogP contribution in [0.3, 0.4) is 0 Å². The first-order valence-corrected chi connectivity index (χ1v) is 11.5. The van der Waals surface area contributed by atoms with Gasteiger partial charge in [0.1, 0.15) is 23.4 Å². The van der Waals surface area contributed by atoms with E-state index in [1.54, 1.807) is 44.5 Å². The second-order valence-electron chi connectivity index (χ2n) is 7.70. The molecule has 7 nitrogen and oxygen atoms in total. The van der Waals surface area contributed by atoms with E-state index in [2.05, 4.69) is 46.9 Å². The lowest BCUT2D eigenvalue weighted by Crippen LogP contribution is -2.17. The van der Waals surface area contributed by atoms with Crippen molar-refractivity contribution < 1.29 is 9.47 Å². The Morgan fingerprint density at radius 1 is 1.06 bits per heavy atom. The number of nitrogens with one attached hydrogen (secondary N) is 1.